The summed E-state index contributed by atoms with van der Waals surface area (Å²) in [6, 6.07) is 8.89. The molecule has 0 atom stereocenters. The highest BCUT2D eigenvalue weighted by atomic mass is 16.5. The fourth-order valence-electron chi connectivity index (χ4n) is 2.96. The zero-order chi connectivity index (χ0) is 17.8. The standard InChI is InChI=1S/C19H18N2O4/c1-2-9-21-18(23)14-5-3-4-13-16(20-8-11-25-12-10-22)7-6-15(17(13)14)19(21)24/h1,3-7,20,22H,8-12H2. The minimum absolute atomic E-state index is 0.0145. The number of carbonyl (C=O) groups is 2. The fourth-order valence-corrected chi connectivity index (χ4v) is 2.96. The normalized spacial score (nSPS) is 13.2. The van der Waals surface area contributed by atoms with Gasteiger partial charge in [0.25, 0.3) is 11.8 Å². The Bertz CT molecular complexity index is 847. The van der Waals surface area contributed by atoms with Gasteiger partial charge < -0.3 is 15.2 Å². The number of carbonyl (C=O) groups excluding carboxylic acids is 2. The number of ether oxygens (including phenoxy) is 1. The first-order chi connectivity index (χ1) is 12.2. The highest BCUT2D eigenvalue weighted by Crippen LogP contribution is 2.34. The summed E-state index contributed by atoms with van der Waals surface area (Å²) >= 11 is 0. The van der Waals surface area contributed by atoms with Gasteiger partial charge in [-0.25, -0.2) is 0 Å². The zero-order valence-corrected chi connectivity index (χ0v) is 13.6. The van der Waals surface area contributed by atoms with E-state index in [2.05, 4.69) is 11.2 Å². The van der Waals surface area contributed by atoms with Crippen molar-refractivity contribution >= 4 is 28.3 Å². The summed E-state index contributed by atoms with van der Waals surface area (Å²) in [6.45, 7) is 1.22. The molecule has 2 aromatic rings. The van der Waals surface area contributed by atoms with Gasteiger partial charge in [0.1, 0.15) is 0 Å². The molecule has 6 heteroatoms. The van der Waals surface area contributed by atoms with Crippen LogP contribution < -0.4 is 5.32 Å². The number of amides is 2. The molecule has 1 aliphatic rings. The van der Waals surface area contributed by atoms with Gasteiger partial charge in [-0.3, -0.25) is 14.5 Å². The summed E-state index contributed by atoms with van der Waals surface area (Å²) in [4.78, 5) is 26.3. The molecule has 0 fully saturated rings. The van der Waals surface area contributed by atoms with Crippen LogP contribution in [0.2, 0.25) is 0 Å². The van der Waals surface area contributed by atoms with Gasteiger partial charge in [-0.05, 0) is 18.2 Å². The number of aliphatic hydroxyl groups is 1. The van der Waals surface area contributed by atoms with E-state index in [0.717, 1.165) is 16.0 Å². The first kappa shape index (κ1) is 17.0. The summed E-state index contributed by atoms with van der Waals surface area (Å²) < 4.78 is 5.23. The lowest BCUT2D eigenvalue weighted by atomic mass is 9.93. The number of hydrogen-bond donors (Lipinski definition) is 2. The van der Waals surface area contributed by atoms with Crippen LogP contribution in [-0.4, -0.2) is 54.7 Å². The van der Waals surface area contributed by atoms with E-state index in [0.29, 0.717) is 36.3 Å². The summed E-state index contributed by atoms with van der Waals surface area (Å²) in [5, 5.41) is 13.4. The van der Waals surface area contributed by atoms with E-state index in [1.54, 1.807) is 18.2 Å². The van der Waals surface area contributed by atoms with Crippen molar-refractivity contribution in [3.63, 3.8) is 0 Å². The second-order valence-corrected chi connectivity index (χ2v) is 5.55. The van der Waals surface area contributed by atoms with Crippen molar-refractivity contribution in [2.45, 2.75) is 0 Å². The molecule has 6 nitrogen and oxygen atoms in total. The number of imide groups is 1. The van der Waals surface area contributed by atoms with Crippen molar-refractivity contribution in [1.29, 1.82) is 0 Å². The molecular formula is C19H18N2O4. The monoisotopic (exact) mass is 338 g/mol. The van der Waals surface area contributed by atoms with Crippen LogP contribution in [0.1, 0.15) is 20.7 Å². The Morgan fingerprint density at radius 2 is 1.88 bits per heavy atom. The van der Waals surface area contributed by atoms with Crippen LogP contribution in [0.5, 0.6) is 0 Å². The Labute approximate surface area is 145 Å². The minimum Gasteiger partial charge on any atom is -0.394 e. The molecule has 1 heterocycles. The number of rotatable bonds is 7. The zero-order valence-electron chi connectivity index (χ0n) is 13.6. The number of benzene rings is 2. The largest absolute Gasteiger partial charge is 0.394 e. The number of nitrogens with zero attached hydrogens (tertiary/aromatic N) is 1. The average Bonchev–Trinajstić information content (AvgIpc) is 2.63. The predicted octanol–water partition coefficient (Wildman–Crippen LogP) is 1.49. The van der Waals surface area contributed by atoms with Gasteiger partial charge >= 0.3 is 0 Å². The summed E-state index contributed by atoms with van der Waals surface area (Å²) in [5.41, 5.74) is 1.77. The molecule has 0 saturated heterocycles. The maximum absolute atomic E-state index is 12.6. The van der Waals surface area contributed by atoms with Crippen LogP contribution in [0.3, 0.4) is 0 Å². The molecule has 3 rings (SSSR count). The lowest BCUT2D eigenvalue weighted by molar-refractivity contribution is 0.0632. The first-order valence-electron chi connectivity index (χ1n) is 7.97. The van der Waals surface area contributed by atoms with Crippen LogP contribution in [0.25, 0.3) is 10.8 Å². The quantitative estimate of drug-likeness (QED) is 0.454. The molecule has 0 unspecified atom stereocenters. The number of nitrogens with one attached hydrogen (secondary N) is 1. The molecule has 2 N–H and O–H groups in total. The third-order valence-electron chi connectivity index (χ3n) is 4.04. The van der Waals surface area contributed by atoms with E-state index in [-0.39, 0.29) is 25.0 Å². The third-order valence-corrected chi connectivity index (χ3v) is 4.04. The van der Waals surface area contributed by atoms with Gasteiger partial charge in [0.15, 0.2) is 0 Å². The Hall–Kier alpha value is -2.88. The molecule has 0 aromatic heterocycles. The van der Waals surface area contributed by atoms with E-state index < -0.39 is 0 Å². The van der Waals surface area contributed by atoms with E-state index >= 15 is 0 Å². The number of aliphatic hydroxyl groups excluding tert-OH is 1. The highest BCUT2D eigenvalue weighted by Gasteiger charge is 2.32. The smallest absolute Gasteiger partial charge is 0.262 e. The number of terminal acetylenes is 1. The maximum Gasteiger partial charge on any atom is 0.262 e. The van der Waals surface area contributed by atoms with Gasteiger partial charge in [0, 0.05) is 34.1 Å². The van der Waals surface area contributed by atoms with E-state index in [1.807, 2.05) is 12.1 Å². The van der Waals surface area contributed by atoms with Crippen molar-refractivity contribution in [2.75, 3.05) is 38.2 Å². The molecule has 2 amide bonds. The number of anilines is 1. The lowest BCUT2D eigenvalue weighted by Crippen LogP contribution is -2.40. The summed E-state index contributed by atoms with van der Waals surface area (Å²) in [5.74, 6) is 1.62. The second kappa shape index (κ2) is 7.34. The molecule has 0 aliphatic carbocycles. The molecular weight excluding hydrogens is 320 g/mol. The highest BCUT2D eigenvalue weighted by molar-refractivity contribution is 6.26. The Morgan fingerprint density at radius 3 is 2.60 bits per heavy atom. The topological polar surface area (TPSA) is 78.9 Å². The molecule has 1 aliphatic heterocycles. The Morgan fingerprint density at radius 1 is 1.12 bits per heavy atom. The van der Waals surface area contributed by atoms with Crippen LogP contribution in [0.15, 0.2) is 30.3 Å². The first-order valence-corrected chi connectivity index (χ1v) is 7.97. The van der Waals surface area contributed by atoms with E-state index in [9.17, 15) is 9.59 Å². The Kier molecular flexibility index (Phi) is 4.98. The van der Waals surface area contributed by atoms with Gasteiger partial charge in [0.05, 0.1) is 26.4 Å². The molecule has 25 heavy (non-hydrogen) atoms. The fraction of sp³-hybridized carbons (Fsp3) is 0.263. The third kappa shape index (κ3) is 3.07. The van der Waals surface area contributed by atoms with Crippen LogP contribution in [0, 0.1) is 12.3 Å². The van der Waals surface area contributed by atoms with Crippen molar-refractivity contribution < 1.29 is 19.4 Å². The van der Waals surface area contributed by atoms with Crippen molar-refractivity contribution in [2.24, 2.45) is 0 Å². The molecule has 2 aromatic carbocycles. The SMILES string of the molecule is C#CCN1C(=O)c2cccc3c(NCCOCCO)ccc(c23)C1=O. The molecule has 128 valence electrons. The summed E-state index contributed by atoms with van der Waals surface area (Å²) in [6.07, 6.45) is 5.28. The van der Waals surface area contributed by atoms with Gasteiger partial charge in [-0.1, -0.05) is 18.1 Å². The molecule has 0 saturated carbocycles. The Balaban J connectivity index is 1.96. The van der Waals surface area contributed by atoms with Gasteiger partial charge in [-0.2, -0.15) is 0 Å². The van der Waals surface area contributed by atoms with Crippen LogP contribution >= 0.6 is 0 Å². The van der Waals surface area contributed by atoms with E-state index in [4.69, 9.17) is 16.3 Å². The number of hydrogen-bond acceptors (Lipinski definition) is 5. The lowest BCUT2D eigenvalue weighted by Gasteiger charge is -2.26. The van der Waals surface area contributed by atoms with Crippen molar-refractivity contribution in [3.05, 3.63) is 41.5 Å². The van der Waals surface area contributed by atoms with Gasteiger partial charge in [0.2, 0.25) is 0 Å². The van der Waals surface area contributed by atoms with Crippen LogP contribution in [-0.2, 0) is 4.74 Å². The van der Waals surface area contributed by atoms with Crippen molar-refractivity contribution in [3.8, 4) is 12.3 Å². The molecule has 0 bridgehead atoms. The van der Waals surface area contributed by atoms with E-state index in [1.165, 1.54) is 0 Å². The maximum atomic E-state index is 12.6. The average molecular weight is 338 g/mol. The summed E-state index contributed by atoms with van der Waals surface area (Å²) in [7, 11) is 0. The van der Waals surface area contributed by atoms with Crippen LogP contribution in [0.4, 0.5) is 5.69 Å². The van der Waals surface area contributed by atoms with Crippen molar-refractivity contribution in [1.82, 2.24) is 4.90 Å². The second-order valence-electron chi connectivity index (χ2n) is 5.55. The predicted molar refractivity (Wildman–Crippen MR) is 94.5 cm³/mol. The van der Waals surface area contributed by atoms with Gasteiger partial charge in [-0.15, -0.1) is 6.42 Å². The molecule has 0 spiro atoms. The minimum atomic E-state index is -0.371. The molecule has 0 radical (unpaired) electrons.